The molecule has 0 fully saturated rings. The third-order valence-corrected chi connectivity index (χ3v) is 5.53. The van der Waals surface area contributed by atoms with Crippen LogP contribution in [-0.2, 0) is 0 Å². The van der Waals surface area contributed by atoms with Crippen LogP contribution in [0.3, 0.4) is 0 Å². The minimum Gasteiger partial charge on any atom is -0.494 e. The SMILES string of the molecule is CCOc1ccc(-n2nc(C(=O)Nc3ccc4ccccc4c3)nc2-c2cccc(Cl)c2)cc1. The summed E-state index contributed by atoms with van der Waals surface area (Å²) in [7, 11) is 0. The van der Waals surface area contributed by atoms with Crippen molar-refractivity contribution in [2.24, 2.45) is 0 Å². The van der Waals surface area contributed by atoms with Crippen LogP contribution in [0.2, 0.25) is 5.02 Å². The molecule has 0 saturated carbocycles. The first-order valence-electron chi connectivity index (χ1n) is 10.9. The molecule has 6 nitrogen and oxygen atoms in total. The van der Waals surface area contributed by atoms with Crippen molar-refractivity contribution in [2.75, 3.05) is 11.9 Å². The van der Waals surface area contributed by atoms with E-state index < -0.39 is 5.91 Å². The Hall–Kier alpha value is -4.16. The first-order chi connectivity index (χ1) is 16.6. The molecule has 0 aliphatic carbocycles. The maximum absolute atomic E-state index is 13.1. The Kier molecular flexibility index (Phi) is 5.97. The van der Waals surface area contributed by atoms with Crippen molar-refractivity contribution in [3.8, 4) is 22.8 Å². The zero-order valence-electron chi connectivity index (χ0n) is 18.4. The summed E-state index contributed by atoms with van der Waals surface area (Å²) < 4.78 is 7.18. The molecule has 0 aliphatic heterocycles. The monoisotopic (exact) mass is 468 g/mol. The molecule has 0 spiro atoms. The number of halogens is 1. The van der Waals surface area contributed by atoms with E-state index in [1.807, 2.05) is 85.8 Å². The minimum atomic E-state index is -0.400. The highest BCUT2D eigenvalue weighted by Crippen LogP contribution is 2.26. The van der Waals surface area contributed by atoms with Crippen molar-refractivity contribution in [3.05, 3.63) is 102 Å². The fraction of sp³-hybridized carbons (Fsp3) is 0.0741. The normalized spacial score (nSPS) is 10.9. The maximum Gasteiger partial charge on any atom is 0.295 e. The Balaban J connectivity index is 1.51. The number of nitrogens with one attached hydrogen (secondary N) is 1. The predicted octanol–water partition coefficient (Wildman–Crippen LogP) is 6.39. The summed E-state index contributed by atoms with van der Waals surface area (Å²) in [4.78, 5) is 17.7. The van der Waals surface area contributed by atoms with Gasteiger partial charge in [0.25, 0.3) is 5.91 Å². The van der Waals surface area contributed by atoms with Gasteiger partial charge >= 0.3 is 0 Å². The molecule has 0 aliphatic rings. The summed E-state index contributed by atoms with van der Waals surface area (Å²) in [5.41, 5.74) is 2.17. The molecule has 4 aromatic carbocycles. The number of carbonyl (C=O) groups excluding carboxylic acids is 1. The van der Waals surface area contributed by atoms with Gasteiger partial charge in [0.15, 0.2) is 5.82 Å². The summed E-state index contributed by atoms with van der Waals surface area (Å²) in [5, 5.41) is 10.1. The number of hydrogen-bond donors (Lipinski definition) is 1. The molecule has 168 valence electrons. The van der Waals surface area contributed by atoms with Crippen molar-refractivity contribution in [2.45, 2.75) is 6.92 Å². The highest BCUT2D eigenvalue weighted by molar-refractivity contribution is 6.30. The molecule has 0 bridgehead atoms. The Morgan fingerprint density at radius 3 is 2.50 bits per heavy atom. The lowest BCUT2D eigenvalue weighted by Gasteiger charge is -2.08. The van der Waals surface area contributed by atoms with Gasteiger partial charge in [-0.1, -0.05) is 54.1 Å². The highest BCUT2D eigenvalue weighted by atomic mass is 35.5. The number of rotatable bonds is 6. The number of amides is 1. The number of nitrogens with zero attached hydrogens (tertiary/aromatic N) is 3. The number of hydrogen-bond acceptors (Lipinski definition) is 4. The Labute approximate surface area is 201 Å². The summed E-state index contributed by atoms with van der Waals surface area (Å²) in [6.45, 7) is 2.51. The molecular weight excluding hydrogens is 448 g/mol. The molecule has 0 unspecified atom stereocenters. The fourth-order valence-electron chi connectivity index (χ4n) is 3.71. The average molecular weight is 469 g/mol. The molecule has 7 heteroatoms. The Morgan fingerprint density at radius 1 is 0.941 bits per heavy atom. The summed E-state index contributed by atoms with van der Waals surface area (Å²) in [6, 6.07) is 28.5. The fourth-order valence-corrected chi connectivity index (χ4v) is 3.90. The molecule has 5 rings (SSSR count). The van der Waals surface area contributed by atoms with Gasteiger partial charge in [-0.15, -0.1) is 5.10 Å². The molecule has 5 aromatic rings. The van der Waals surface area contributed by atoms with Crippen LogP contribution >= 0.6 is 11.6 Å². The van der Waals surface area contributed by atoms with Gasteiger partial charge in [-0.3, -0.25) is 4.79 Å². The topological polar surface area (TPSA) is 69.0 Å². The average Bonchev–Trinajstić information content (AvgIpc) is 3.30. The van der Waals surface area contributed by atoms with Crippen LogP contribution in [0.25, 0.3) is 27.8 Å². The molecular formula is C27H21ClN4O2. The molecule has 1 amide bonds. The van der Waals surface area contributed by atoms with Crippen LogP contribution in [0, 0.1) is 0 Å². The Bertz CT molecular complexity index is 1480. The second-order valence-corrected chi connectivity index (χ2v) is 8.06. The van der Waals surface area contributed by atoms with E-state index in [9.17, 15) is 4.79 Å². The van der Waals surface area contributed by atoms with Crippen molar-refractivity contribution in [1.82, 2.24) is 14.8 Å². The summed E-state index contributed by atoms with van der Waals surface area (Å²) in [6.07, 6.45) is 0. The van der Waals surface area contributed by atoms with E-state index in [1.54, 1.807) is 16.8 Å². The van der Waals surface area contributed by atoms with Gasteiger partial charge in [0, 0.05) is 16.3 Å². The van der Waals surface area contributed by atoms with Crippen LogP contribution in [-0.4, -0.2) is 27.3 Å². The summed E-state index contributed by atoms with van der Waals surface area (Å²) in [5.74, 6) is 0.917. The van der Waals surface area contributed by atoms with E-state index in [0.717, 1.165) is 27.8 Å². The summed E-state index contributed by atoms with van der Waals surface area (Å²) >= 11 is 6.22. The first-order valence-corrected chi connectivity index (χ1v) is 11.2. The van der Waals surface area contributed by atoms with E-state index in [0.29, 0.717) is 23.1 Å². The quantitative estimate of drug-likeness (QED) is 0.313. The first kappa shape index (κ1) is 21.7. The standard InChI is InChI=1S/C27H21ClN4O2/c1-2-34-24-14-12-23(13-15-24)32-26(20-8-5-9-21(28)16-20)30-25(31-32)27(33)29-22-11-10-18-6-3-4-7-19(18)17-22/h3-17H,2H2,1H3,(H,29,33). The van der Waals surface area contributed by atoms with Crippen LogP contribution < -0.4 is 10.1 Å². The number of anilines is 1. The largest absolute Gasteiger partial charge is 0.494 e. The van der Waals surface area contributed by atoms with Crippen molar-refractivity contribution in [3.63, 3.8) is 0 Å². The molecule has 1 N–H and O–H groups in total. The van der Waals surface area contributed by atoms with Crippen LogP contribution in [0.5, 0.6) is 5.75 Å². The van der Waals surface area contributed by atoms with Gasteiger partial charge < -0.3 is 10.1 Å². The van der Waals surface area contributed by atoms with Gasteiger partial charge in [0.05, 0.1) is 12.3 Å². The number of aromatic nitrogens is 3. The maximum atomic E-state index is 13.1. The van der Waals surface area contributed by atoms with Crippen LogP contribution in [0.1, 0.15) is 17.5 Å². The third kappa shape index (κ3) is 4.49. The molecule has 34 heavy (non-hydrogen) atoms. The van der Waals surface area contributed by atoms with E-state index in [-0.39, 0.29) is 5.82 Å². The minimum absolute atomic E-state index is 0.0528. The van der Waals surface area contributed by atoms with Crippen molar-refractivity contribution >= 4 is 34.0 Å². The third-order valence-electron chi connectivity index (χ3n) is 5.29. The van der Waals surface area contributed by atoms with E-state index in [2.05, 4.69) is 15.4 Å². The van der Waals surface area contributed by atoms with E-state index in [4.69, 9.17) is 16.3 Å². The second-order valence-electron chi connectivity index (χ2n) is 7.62. The zero-order chi connectivity index (χ0) is 23.5. The van der Waals surface area contributed by atoms with Crippen molar-refractivity contribution < 1.29 is 9.53 Å². The number of carbonyl (C=O) groups is 1. The number of fused-ring (bicyclic) bond motifs is 1. The predicted molar refractivity (Wildman–Crippen MR) is 135 cm³/mol. The number of benzene rings is 4. The smallest absolute Gasteiger partial charge is 0.295 e. The Morgan fingerprint density at radius 2 is 1.74 bits per heavy atom. The lowest BCUT2D eigenvalue weighted by atomic mass is 10.1. The van der Waals surface area contributed by atoms with Gasteiger partial charge in [-0.2, -0.15) is 0 Å². The van der Waals surface area contributed by atoms with Crippen LogP contribution in [0.15, 0.2) is 91.0 Å². The molecule has 0 atom stereocenters. The van der Waals surface area contributed by atoms with Crippen molar-refractivity contribution in [1.29, 1.82) is 0 Å². The molecule has 0 saturated heterocycles. The number of ether oxygens (including phenoxy) is 1. The van der Waals surface area contributed by atoms with Gasteiger partial charge in [-0.25, -0.2) is 9.67 Å². The molecule has 1 heterocycles. The van der Waals surface area contributed by atoms with Gasteiger partial charge in [-0.05, 0) is 66.2 Å². The van der Waals surface area contributed by atoms with Gasteiger partial charge in [0.2, 0.25) is 5.82 Å². The van der Waals surface area contributed by atoms with E-state index >= 15 is 0 Å². The second kappa shape index (κ2) is 9.37. The van der Waals surface area contributed by atoms with E-state index in [1.165, 1.54) is 0 Å². The van der Waals surface area contributed by atoms with Crippen LogP contribution in [0.4, 0.5) is 5.69 Å². The molecule has 1 aromatic heterocycles. The lowest BCUT2D eigenvalue weighted by Crippen LogP contribution is -2.14. The molecule has 0 radical (unpaired) electrons. The zero-order valence-corrected chi connectivity index (χ0v) is 19.2. The lowest BCUT2D eigenvalue weighted by molar-refractivity contribution is 0.101. The van der Waals surface area contributed by atoms with Gasteiger partial charge in [0.1, 0.15) is 5.75 Å². The highest BCUT2D eigenvalue weighted by Gasteiger charge is 2.19.